The first kappa shape index (κ1) is 69.7. The number of hydrogen-bond donors (Lipinski definition) is 7. The first-order valence-electron chi connectivity index (χ1n) is 27.7. The van der Waals surface area contributed by atoms with Crippen LogP contribution in [-0.4, -0.2) is 202 Å². The molecule has 1 saturated heterocycles. The molecule has 0 aliphatic carbocycles. The molecule has 24 nitrogen and oxygen atoms in total. The highest BCUT2D eigenvalue weighted by atomic mass is 16.5. The van der Waals surface area contributed by atoms with Crippen LogP contribution in [0.25, 0.3) is 0 Å². The molecule has 1 aliphatic rings. The van der Waals surface area contributed by atoms with Crippen molar-refractivity contribution >= 4 is 59.4 Å². The number of rotatable bonds is 35. The van der Waals surface area contributed by atoms with E-state index in [9.17, 15) is 53.1 Å². The van der Waals surface area contributed by atoms with Gasteiger partial charge >= 0.3 is 18.0 Å². The van der Waals surface area contributed by atoms with Gasteiger partial charge in [-0.05, 0) is 70.0 Å². The van der Waals surface area contributed by atoms with E-state index in [4.69, 9.17) is 14.2 Å². The van der Waals surface area contributed by atoms with E-state index in [0.29, 0.717) is 25.8 Å². The molecule has 1 aromatic carbocycles. The Hall–Kier alpha value is -6.40. The molecule has 1 fully saturated rings. The molecule has 2 rings (SSSR count). The highest BCUT2D eigenvalue weighted by molar-refractivity contribution is 5.91. The van der Waals surface area contributed by atoms with Crippen LogP contribution in [0, 0.1) is 23.7 Å². The van der Waals surface area contributed by atoms with Crippen LogP contribution in [-0.2, 0) is 68.5 Å². The SMILES string of the molecule is CC[C@H](C)[C@@H]([C@@H](CC(=O)N1CCC[C@H]1[C@H](OC)[C@@H](C)C(=O)N[C@@H](Cc1ccccc1)C(=O)NCCCOC(=O)[C@H](C)NC(=O)CC[C@H](NC(=O)CCNC(=O)OC)C(=O)O)OC)N(C)C(=O)[C@@H](NC(=O)[C@H](C(C)C)N(C)C)C(C)C. The molecular formula is C56H93N9O15. The Labute approximate surface area is 472 Å². The first-order chi connectivity index (χ1) is 37.7. The summed E-state index contributed by atoms with van der Waals surface area (Å²) in [6.07, 6.45) is -0.975. The van der Waals surface area contributed by atoms with E-state index >= 15 is 0 Å². The van der Waals surface area contributed by atoms with Crippen molar-refractivity contribution in [3.8, 4) is 0 Å². The molecule has 80 heavy (non-hydrogen) atoms. The number of carbonyl (C=O) groups excluding carboxylic acids is 9. The summed E-state index contributed by atoms with van der Waals surface area (Å²) < 4.78 is 21.8. The molecule has 0 spiro atoms. The third-order valence-corrected chi connectivity index (χ3v) is 14.6. The third kappa shape index (κ3) is 22.3. The summed E-state index contributed by atoms with van der Waals surface area (Å²) in [5.74, 6) is -6.41. The van der Waals surface area contributed by atoms with Crippen LogP contribution in [0.3, 0.4) is 0 Å². The van der Waals surface area contributed by atoms with Gasteiger partial charge in [0.15, 0.2) is 0 Å². The number of hydrogen-bond acceptors (Lipinski definition) is 15. The van der Waals surface area contributed by atoms with Crippen LogP contribution in [0.5, 0.6) is 0 Å². The Balaban J connectivity index is 2.11. The summed E-state index contributed by atoms with van der Waals surface area (Å²) >= 11 is 0. The molecule has 0 radical (unpaired) electrons. The summed E-state index contributed by atoms with van der Waals surface area (Å²) in [5, 5.41) is 25.3. The van der Waals surface area contributed by atoms with Gasteiger partial charge in [-0.15, -0.1) is 0 Å². The van der Waals surface area contributed by atoms with Crippen molar-refractivity contribution in [3.05, 3.63) is 35.9 Å². The number of nitrogens with one attached hydrogen (secondary N) is 6. The average molecular weight is 1130 g/mol. The van der Waals surface area contributed by atoms with E-state index in [1.165, 1.54) is 21.1 Å². The van der Waals surface area contributed by atoms with Gasteiger partial charge in [-0.3, -0.25) is 38.5 Å². The fraction of sp³-hybridized carbons (Fsp3) is 0.714. The van der Waals surface area contributed by atoms with Crippen molar-refractivity contribution in [1.29, 1.82) is 0 Å². The smallest absolute Gasteiger partial charge is 0.406 e. The minimum absolute atomic E-state index is 0.00313. The van der Waals surface area contributed by atoms with Gasteiger partial charge in [-0.1, -0.05) is 85.2 Å². The number of alkyl carbamates (subject to hydrolysis) is 1. The monoisotopic (exact) mass is 1130 g/mol. The van der Waals surface area contributed by atoms with Crippen LogP contribution >= 0.6 is 0 Å². The number of nitrogens with zero attached hydrogens (tertiary/aromatic N) is 3. The number of esters is 1. The lowest BCUT2D eigenvalue weighted by molar-refractivity contribution is -0.148. The molecule has 0 unspecified atom stereocenters. The van der Waals surface area contributed by atoms with Crippen molar-refractivity contribution in [2.75, 3.05) is 68.7 Å². The summed E-state index contributed by atoms with van der Waals surface area (Å²) in [6, 6.07) is 3.26. The van der Waals surface area contributed by atoms with E-state index in [2.05, 4.69) is 36.6 Å². The van der Waals surface area contributed by atoms with Gasteiger partial charge < -0.3 is 65.8 Å². The number of likely N-dealkylation sites (tertiary alicyclic amines) is 1. The van der Waals surface area contributed by atoms with E-state index < -0.39 is 102 Å². The molecule has 1 heterocycles. The summed E-state index contributed by atoms with van der Waals surface area (Å²) in [6.45, 7) is 15.0. The largest absolute Gasteiger partial charge is 0.480 e. The van der Waals surface area contributed by atoms with Crippen molar-refractivity contribution in [2.45, 2.75) is 168 Å². The van der Waals surface area contributed by atoms with E-state index in [1.807, 2.05) is 90.9 Å². The minimum Gasteiger partial charge on any atom is -0.480 e. The summed E-state index contributed by atoms with van der Waals surface area (Å²) in [5.41, 5.74) is 0.777. The van der Waals surface area contributed by atoms with Crippen LogP contribution < -0.4 is 31.9 Å². The van der Waals surface area contributed by atoms with Crippen LogP contribution in [0.4, 0.5) is 4.79 Å². The zero-order chi connectivity index (χ0) is 60.4. The maximum atomic E-state index is 14.5. The average Bonchev–Trinajstić information content (AvgIpc) is 3.90. The fourth-order valence-electron chi connectivity index (χ4n) is 10.0. The van der Waals surface area contributed by atoms with E-state index in [0.717, 1.165) is 12.7 Å². The number of carbonyl (C=O) groups is 10. The normalized spacial score (nSPS) is 17.1. The van der Waals surface area contributed by atoms with E-state index in [-0.39, 0.29) is 93.7 Å². The molecule has 0 aromatic heterocycles. The van der Waals surface area contributed by atoms with Crippen molar-refractivity contribution in [1.82, 2.24) is 46.6 Å². The number of carboxylic acid groups (broad SMARTS) is 1. The topological polar surface area (TPSA) is 310 Å². The second-order valence-electron chi connectivity index (χ2n) is 21.5. The van der Waals surface area contributed by atoms with Gasteiger partial charge in [0.1, 0.15) is 24.2 Å². The molecule has 452 valence electrons. The van der Waals surface area contributed by atoms with Gasteiger partial charge in [-0.2, -0.15) is 0 Å². The van der Waals surface area contributed by atoms with E-state index in [1.54, 1.807) is 23.8 Å². The number of aliphatic carboxylic acids is 1. The third-order valence-electron chi connectivity index (χ3n) is 14.6. The lowest BCUT2D eigenvalue weighted by atomic mass is 9.89. The predicted octanol–water partition coefficient (Wildman–Crippen LogP) is 2.01. The Morgan fingerprint density at radius 3 is 1.96 bits per heavy atom. The van der Waals surface area contributed by atoms with Gasteiger partial charge in [0.25, 0.3) is 0 Å². The standard InChI is InChI=1S/C56H93N9O15/c1-15-35(6)48(64(11)53(72)46(33(2)3)62-52(71)47(34(4)5)63(9)10)42(77-12)32-45(68)65-29-19-23-41(65)49(78-13)36(7)50(69)61-40(31-38-21-17-16-18-22-38)51(70)57-27-20-30-80-55(75)37(8)59-43(66)25-24-39(54(73)74)60-44(67)26-28-58-56(76)79-14/h16-18,21-22,33-37,39-42,46-49H,15,19-20,23-32H2,1-14H3,(H,57,70)(H,58,76)(H,59,66)(H,60,67)(H,61,69)(H,62,71)(H,73,74)/t35-,36+,37-,39-,40-,41-,42+,46-,47-,48-,49+/m0/s1. The van der Waals surface area contributed by atoms with Gasteiger partial charge in [0, 0.05) is 60.2 Å². The zero-order valence-corrected chi connectivity index (χ0v) is 49.6. The van der Waals surface area contributed by atoms with Crippen LogP contribution in [0.2, 0.25) is 0 Å². The maximum absolute atomic E-state index is 14.5. The number of carboxylic acids is 1. The number of amides is 8. The molecule has 8 amide bonds. The number of benzene rings is 1. The van der Waals surface area contributed by atoms with Gasteiger partial charge in [0.2, 0.25) is 41.4 Å². The summed E-state index contributed by atoms with van der Waals surface area (Å²) in [4.78, 5) is 136. The maximum Gasteiger partial charge on any atom is 0.406 e. The predicted molar refractivity (Wildman–Crippen MR) is 297 cm³/mol. The molecule has 1 aromatic rings. The lowest BCUT2D eigenvalue weighted by Gasteiger charge is -2.41. The molecule has 11 atom stereocenters. The lowest BCUT2D eigenvalue weighted by Crippen LogP contribution is -2.59. The second-order valence-corrected chi connectivity index (χ2v) is 21.5. The van der Waals surface area contributed by atoms with Gasteiger partial charge in [0.05, 0.1) is 56.4 Å². The van der Waals surface area contributed by atoms with Crippen molar-refractivity contribution in [2.24, 2.45) is 23.7 Å². The molecule has 0 saturated carbocycles. The Bertz CT molecular complexity index is 2180. The quantitative estimate of drug-likeness (QED) is 0.0378. The number of likely N-dealkylation sites (N-methyl/N-ethyl adjacent to an activating group) is 2. The zero-order valence-electron chi connectivity index (χ0n) is 49.6. The highest BCUT2D eigenvalue weighted by Crippen LogP contribution is 2.30. The highest BCUT2D eigenvalue weighted by Gasteiger charge is 2.44. The van der Waals surface area contributed by atoms with Gasteiger partial charge in [-0.25, -0.2) is 14.4 Å². The molecule has 7 N–H and O–H groups in total. The first-order valence-corrected chi connectivity index (χ1v) is 27.7. The van der Waals surface area contributed by atoms with Crippen LogP contribution in [0.1, 0.15) is 112 Å². The van der Waals surface area contributed by atoms with Crippen molar-refractivity contribution in [3.63, 3.8) is 0 Å². The van der Waals surface area contributed by atoms with Crippen LogP contribution in [0.15, 0.2) is 30.3 Å². The van der Waals surface area contributed by atoms with Crippen molar-refractivity contribution < 1.29 is 72.0 Å². The summed E-state index contributed by atoms with van der Waals surface area (Å²) in [7, 11) is 9.50. The molecular weight excluding hydrogens is 1040 g/mol. The fourth-order valence-corrected chi connectivity index (χ4v) is 10.0. The molecule has 0 bridgehead atoms. The molecule has 1 aliphatic heterocycles. The Morgan fingerprint density at radius 2 is 1.40 bits per heavy atom. The second kappa shape index (κ2) is 35.4. The minimum atomic E-state index is -1.40. The Kier molecular flexibility index (Phi) is 30.8. The number of methoxy groups -OCH3 is 3. The number of ether oxygens (including phenoxy) is 4. The Morgan fingerprint density at radius 1 is 0.750 bits per heavy atom. The molecule has 24 heteroatoms.